The van der Waals surface area contributed by atoms with Gasteiger partial charge in [0, 0.05) is 11.6 Å². The Morgan fingerprint density at radius 3 is 2.75 bits per heavy atom. The van der Waals surface area contributed by atoms with Gasteiger partial charge in [-0.3, -0.25) is 5.10 Å². The molecule has 0 saturated carbocycles. The smallest absolute Gasteiger partial charge is 0.181 e. The van der Waals surface area contributed by atoms with Gasteiger partial charge in [-0.15, -0.1) is 0 Å². The normalized spacial score (nSPS) is 10.2. The minimum absolute atomic E-state index is 0.202. The molecule has 0 aliphatic carbocycles. The number of nitrogens with zero attached hydrogens (tertiary/aromatic N) is 3. The number of nitrogen functional groups attached to an aromatic ring is 1. The second-order valence-corrected chi connectivity index (χ2v) is 7.39. The van der Waals surface area contributed by atoms with E-state index in [1.165, 1.54) is 0 Å². The number of benzene rings is 2. The van der Waals surface area contributed by atoms with E-state index in [-0.39, 0.29) is 10.8 Å². The summed E-state index contributed by atoms with van der Waals surface area (Å²) in [5, 5.41) is 21.1. The zero-order valence-electron chi connectivity index (χ0n) is 17.8. The van der Waals surface area contributed by atoms with Crippen molar-refractivity contribution < 1.29 is 4.74 Å². The van der Waals surface area contributed by atoms with Crippen LogP contribution in [-0.4, -0.2) is 15.2 Å². The Morgan fingerprint density at radius 2 is 2.00 bits per heavy atom. The van der Waals surface area contributed by atoms with Crippen molar-refractivity contribution in [2.45, 2.75) is 27.3 Å². The molecule has 7 nitrogen and oxygen atoms in total. The number of halogens is 2. The number of hydrogen-bond acceptors (Lipinski definition) is 6. The molecule has 4 N–H and O–H groups in total. The highest BCUT2D eigenvalue weighted by atomic mass is 35.5. The van der Waals surface area contributed by atoms with Crippen molar-refractivity contribution in [3.8, 4) is 17.6 Å². The number of pyridine rings is 1. The van der Waals surface area contributed by atoms with E-state index in [1.807, 2.05) is 32.9 Å². The van der Waals surface area contributed by atoms with Gasteiger partial charge in [-0.2, -0.15) is 10.4 Å². The molecular weight excluding hydrogens is 447 g/mol. The van der Waals surface area contributed by atoms with E-state index in [9.17, 15) is 5.26 Å². The molecule has 0 fully saturated rings. The Bertz CT molecular complexity index is 1300. The lowest BCUT2D eigenvalue weighted by molar-refractivity contribution is 0.485. The molecule has 0 spiro atoms. The molecule has 2 heterocycles. The molecule has 0 aliphatic heterocycles. The number of H-pyrrole nitrogens is 1. The number of nitrogens with two attached hydrogens (primary N) is 1. The molecule has 0 unspecified atom stereocenters. The van der Waals surface area contributed by atoms with E-state index in [2.05, 4.69) is 26.6 Å². The number of nitrogens with one attached hydrogen (secondary N) is 2. The van der Waals surface area contributed by atoms with Gasteiger partial charge in [0.05, 0.1) is 34.2 Å². The first-order valence-corrected chi connectivity index (χ1v) is 10.7. The molecule has 0 bridgehead atoms. The molecule has 0 amide bonds. The Morgan fingerprint density at radius 1 is 1.22 bits per heavy atom. The monoisotopic (exact) mass is 468 g/mol. The Balaban J connectivity index is 0.00000141. The first-order valence-electron chi connectivity index (χ1n) is 9.96. The summed E-state index contributed by atoms with van der Waals surface area (Å²) in [6, 6.07) is 12.7. The molecule has 2 aromatic heterocycles. The number of fused-ring (bicyclic) bond motifs is 1. The van der Waals surface area contributed by atoms with E-state index in [4.69, 9.17) is 33.7 Å². The molecule has 0 atom stereocenters. The third-order valence-corrected chi connectivity index (χ3v) is 5.22. The van der Waals surface area contributed by atoms with Crippen molar-refractivity contribution >= 4 is 45.6 Å². The van der Waals surface area contributed by atoms with Gasteiger partial charge >= 0.3 is 0 Å². The lowest BCUT2D eigenvalue weighted by atomic mass is 10.1. The largest absolute Gasteiger partial charge is 0.452 e. The van der Waals surface area contributed by atoms with Crippen LogP contribution in [0.5, 0.6) is 11.5 Å². The van der Waals surface area contributed by atoms with Gasteiger partial charge in [-0.05, 0) is 48.9 Å². The number of aromatic amines is 1. The number of hydrogen-bond donors (Lipinski definition) is 3. The van der Waals surface area contributed by atoms with Crippen molar-refractivity contribution in [3.05, 3.63) is 69.5 Å². The Labute approximate surface area is 196 Å². The second-order valence-electron chi connectivity index (χ2n) is 6.61. The first kappa shape index (κ1) is 23.2. The van der Waals surface area contributed by atoms with Gasteiger partial charge in [-0.1, -0.05) is 37.0 Å². The van der Waals surface area contributed by atoms with Gasteiger partial charge < -0.3 is 15.8 Å². The van der Waals surface area contributed by atoms with Gasteiger partial charge in [0.1, 0.15) is 16.8 Å². The van der Waals surface area contributed by atoms with Crippen molar-refractivity contribution in [2.24, 2.45) is 0 Å². The summed E-state index contributed by atoms with van der Waals surface area (Å²) in [7, 11) is 0. The maximum Gasteiger partial charge on any atom is 0.181 e. The molecule has 164 valence electrons. The zero-order valence-corrected chi connectivity index (χ0v) is 19.3. The van der Waals surface area contributed by atoms with E-state index in [0.717, 1.165) is 16.6 Å². The molecule has 0 aliphatic rings. The summed E-state index contributed by atoms with van der Waals surface area (Å²) in [4.78, 5) is 4.21. The summed E-state index contributed by atoms with van der Waals surface area (Å²) in [6.45, 7) is 6.29. The molecule has 4 rings (SSSR count). The molecule has 0 saturated heterocycles. The summed E-state index contributed by atoms with van der Waals surface area (Å²) in [5.74, 6) is 0.568. The Kier molecular flexibility index (Phi) is 7.41. The van der Waals surface area contributed by atoms with Crippen LogP contribution >= 0.6 is 23.2 Å². The van der Waals surface area contributed by atoms with Crippen LogP contribution in [0.15, 0.2) is 42.6 Å². The number of aromatic nitrogens is 3. The van der Waals surface area contributed by atoms with Gasteiger partial charge in [0.15, 0.2) is 11.4 Å². The van der Waals surface area contributed by atoms with Gasteiger partial charge in [0.25, 0.3) is 0 Å². The number of nitriles is 1. The van der Waals surface area contributed by atoms with Crippen molar-refractivity contribution in [2.75, 3.05) is 11.1 Å². The van der Waals surface area contributed by atoms with Gasteiger partial charge in [-0.25, -0.2) is 4.98 Å². The minimum atomic E-state index is 0.202. The van der Waals surface area contributed by atoms with Crippen molar-refractivity contribution in [1.29, 1.82) is 5.26 Å². The fourth-order valence-corrected chi connectivity index (χ4v) is 3.45. The molecule has 4 aromatic rings. The number of ether oxygens (including phenoxy) is 1. The standard InChI is InChI=1S/C21H16Cl2N6O.C2H6/c1-11-7-12(9-24)18(23)17(8-11)30-20-14(22)4-5-15(19(20)25)27-10-16-13-3-2-6-26-21(13)29-28-16;1-2/h2-8,27H,10,25H2,1H3,(H,26,28,29);1-2H3. The second kappa shape index (κ2) is 10.2. The molecule has 32 heavy (non-hydrogen) atoms. The zero-order chi connectivity index (χ0) is 23.3. The quantitative estimate of drug-likeness (QED) is 0.289. The predicted molar refractivity (Wildman–Crippen MR) is 129 cm³/mol. The van der Waals surface area contributed by atoms with Crippen molar-refractivity contribution in [3.63, 3.8) is 0 Å². The third kappa shape index (κ3) is 4.72. The molecule has 9 heteroatoms. The SMILES string of the molecule is CC.Cc1cc(C#N)c(Cl)c(Oc2c(Cl)ccc(NCc3[nH]nc4ncccc34)c2N)c1. The molecular formula is C23H22Cl2N6O. The van der Waals surface area contributed by atoms with E-state index >= 15 is 0 Å². The molecule has 2 aromatic carbocycles. The maximum absolute atomic E-state index is 9.26. The average molecular weight is 469 g/mol. The van der Waals surface area contributed by atoms with Crippen LogP contribution in [0.1, 0.15) is 30.7 Å². The summed E-state index contributed by atoms with van der Waals surface area (Å²) < 4.78 is 5.93. The van der Waals surface area contributed by atoms with Crippen LogP contribution in [0, 0.1) is 18.3 Å². The summed E-state index contributed by atoms with van der Waals surface area (Å²) in [5.41, 5.74) is 9.93. The van der Waals surface area contributed by atoms with E-state index < -0.39 is 0 Å². The third-order valence-electron chi connectivity index (χ3n) is 4.53. The number of rotatable bonds is 5. The van der Waals surface area contributed by atoms with Crippen LogP contribution in [-0.2, 0) is 6.54 Å². The van der Waals surface area contributed by atoms with E-state index in [1.54, 1.807) is 30.5 Å². The Hall–Kier alpha value is -3.47. The van der Waals surface area contributed by atoms with Gasteiger partial charge in [0.2, 0.25) is 0 Å². The summed E-state index contributed by atoms with van der Waals surface area (Å²) >= 11 is 12.6. The lowest BCUT2D eigenvalue weighted by Crippen LogP contribution is -2.05. The topological polar surface area (TPSA) is 113 Å². The minimum Gasteiger partial charge on any atom is -0.452 e. The van der Waals surface area contributed by atoms with Crippen molar-refractivity contribution in [1.82, 2.24) is 15.2 Å². The average Bonchev–Trinajstić information content (AvgIpc) is 3.22. The maximum atomic E-state index is 9.26. The van der Waals surface area contributed by atoms with Crippen LogP contribution in [0.25, 0.3) is 11.0 Å². The van der Waals surface area contributed by atoms with Crippen LogP contribution in [0.3, 0.4) is 0 Å². The number of anilines is 2. The fourth-order valence-electron chi connectivity index (χ4n) is 3.05. The van der Waals surface area contributed by atoms with Crippen LogP contribution in [0.4, 0.5) is 11.4 Å². The molecule has 0 radical (unpaired) electrons. The highest BCUT2D eigenvalue weighted by Crippen LogP contribution is 2.42. The lowest BCUT2D eigenvalue weighted by Gasteiger charge is -2.16. The highest BCUT2D eigenvalue weighted by molar-refractivity contribution is 6.34. The predicted octanol–water partition coefficient (Wildman–Crippen LogP) is 6.46. The first-order chi connectivity index (χ1) is 15.5. The number of aryl methyl sites for hydroxylation is 1. The van der Waals surface area contributed by atoms with E-state index in [0.29, 0.717) is 39.9 Å². The fraction of sp³-hybridized carbons (Fsp3) is 0.174. The van der Waals surface area contributed by atoms with Crippen LogP contribution < -0.4 is 15.8 Å². The summed E-state index contributed by atoms with van der Waals surface area (Å²) in [6.07, 6.45) is 1.69. The van der Waals surface area contributed by atoms with Crippen LogP contribution in [0.2, 0.25) is 10.0 Å². The highest BCUT2D eigenvalue weighted by Gasteiger charge is 2.16.